The van der Waals surface area contributed by atoms with Crippen LogP contribution in [0.4, 0.5) is 0 Å². The SMILES string of the molecule is CC(C)CS(=O)(=O)c1cc(C2CC2)cnc1C(=O)O. The van der Waals surface area contributed by atoms with Gasteiger partial charge in [0.2, 0.25) is 0 Å². The van der Waals surface area contributed by atoms with Crippen molar-refractivity contribution in [3.63, 3.8) is 0 Å². The van der Waals surface area contributed by atoms with E-state index < -0.39 is 15.8 Å². The predicted molar refractivity (Wildman–Crippen MR) is 70.1 cm³/mol. The summed E-state index contributed by atoms with van der Waals surface area (Å²) in [5.41, 5.74) is 0.456. The summed E-state index contributed by atoms with van der Waals surface area (Å²) in [6.07, 6.45) is 3.51. The Morgan fingerprint density at radius 1 is 1.47 bits per heavy atom. The molecular weight excluding hydrogens is 266 g/mol. The Balaban J connectivity index is 2.51. The van der Waals surface area contributed by atoms with E-state index in [0.29, 0.717) is 5.92 Å². The van der Waals surface area contributed by atoms with Crippen LogP contribution < -0.4 is 0 Å². The third kappa shape index (κ3) is 3.12. The van der Waals surface area contributed by atoms with Gasteiger partial charge in [0.05, 0.1) is 5.75 Å². The summed E-state index contributed by atoms with van der Waals surface area (Å²) in [6, 6.07) is 1.49. The second kappa shape index (κ2) is 4.92. The molecule has 0 aliphatic heterocycles. The molecule has 6 heteroatoms. The van der Waals surface area contributed by atoms with Gasteiger partial charge in [0.15, 0.2) is 15.5 Å². The molecule has 1 N–H and O–H groups in total. The number of aromatic carboxylic acids is 1. The van der Waals surface area contributed by atoms with Crippen molar-refractivity contribution in [1.29, 1.82) is 0 Å². The van der Waals surface area contributed by atoms with E-state index in [0.717, 1.165) is 18.4 Å². The third-order valence-electron chi connectivity index (χ3n) is 3.01. The normalized spacial score (nSPS) is 15.7. The van der Waals surface area contributed by atoms with Crippen molar-refractivity contribution in [2.24, 2.45) is 5.92 Å². The fourth-order valence-corrected chi connectivity index (χ4v) is 3.83. The van der Waals surface area contributed by atoms with Gasteiger partial charge in [-0.3, -0.25) is 0 Å². The first kappa shape index (κ1) is 14.0. The highest BCUT2D eigenvalue weighted by molar-refractivity contribution is 7.91. The van der Waals surface area contributed by atoms with Gasteiger partial charge in [-0.1, -0.05) is 13.8 Å². The molecule has 1 fully saturated rings. The van der Waals surface area contributed by atoms with E-state index >= 15 is 0 Å². The minimum absolute atomic E-state index is 0.0590. The summed E-state index contributed by atoms with van der Waals surface area (Å²) in [4.78, 5) is 14.8. The molecule has 19 heavy (non-hydrogen) atoms. The summed E-state index contributed by atoms with van der Waals surface area (Å²) >= 11 is 0. The van der Waals surface area contributed by atoms with Crippen LogP contribution in [0, 0.1) is 5.92 Å². The average molecular weight is 283 g/mol. The number of carbonyl (C=O) groups is 1. The Bertz CT molecular complexity index is 603. The highest BCUT2D eigenvalue weighted by Crippen LogP contribution is 2.40. The van der Waals surface area contributed by atoms with Crippen LogP contribution in [0.1, 0.15) is 48.7 Å². The lowest BCUT2D eigenvalue weighted by molar-refractivity contribution is 0.0685. The van der Waals surface area contributed by atoms with Crippen LogP contribution in [0.15, 0.2) is 17.2 Å². The Morgan fingerprint density at radius 2 is 2.11 bits per heavy atom. The third-order valence-corrected chi connectivity index (χ3v) is 5.10. The fraction of sp³-hybridized carbons (Fsp3) is 0.538. The minimum Gasteiger partial charge on any atom is -0.476 e. The summed E-state index contributed by atoms with van der Waals surface area (Å²) < 4.78 is 24.5. The van der Waals surface area contributed by atoms with Crippen LogP contribution in [0.3, 0.4) is 0 Å². The van der Waals surface area contributed by atoms with Gasteiger partial charge in [-0.05, 0) is 36.3 Å². The van der Waals surface area contributed by atoms with Gasteiger partial charge in [-0.2, -0.15) is 0 Å². The first-order chi connectivity index (χ1) is 8.81. The Morgan fingerprint density at radius 3 is 2.58 bits per heavy atom. The molecule has 1 saturated carbocycles. The van der Waals surface area contributed by atoms with Crippen molar-refractivity contribution in [1.82, 2.24) is 4.98 Å². The van der Waals surface area contributed by atoms with Gasteiger partial charge in [0.25, 0.3) is 0 Å². The molecule has 1 aliphatic carbocycles. The lowest BCUT2D eigenvalue weighted by atomic mass is 10.2. The zero-order chi connectivity index (χ0) is 14.2. The molecule has 0 unspecified atom stereocenters. The van der Waals surface area contributed by atoms with Gasteiger partial charge in [-0.25, -0.2) is 18.2 Å². The molecule has 5 nitrogen and oxygen atoms in total. The molecule has 0 bridgehead atoms. The molecule has 1 aromatic heterocycles. The summed E-state index contributed by atoms with van der Waals surface area (Å²) in [6.45, 7) is 3.58. The smallest absolute Gasteiger partial charge is 0.355 e. The second-order valence-corrected chi connectivity index (χ2v) is 7.37. The number of nitrogens with zero attached hydrogens (tertiary/aromatic N) is 1. The number of pyridine rings is 1. The van der Waals surface area contributed by atoms with Gasteiger partial charge in [0.1, 0.15) is 4.90 Å². The molecular formula is C13H17NO4S. The van der Waals surface area contributed by atoms with Gasteiger partial charge < -0.3 is 5.11 Å². The Kier molecular flexibility index (Phi) is 3.62. The number of hydrogen-bond acceptors (Lipinski definition) is 4. The van der Waals surface area contributed by atoms with E-state index in [1.165, 1.54) is 12.3 Å². The predicted octanol–water partition coefficient (Wildman–Crippen LogP) is 2.09. The quantitative estimate of drug-likeness (QED) is 0.894. The van der Waals surface area contributed by atoms with Crippen LogP contribution in [-0.4, -0.2) is 30.2 Å². The number of hydrogen-bond donors (Lipinski definition) is 1. The van der Waals surface area contributed by atoms with Crippen LogP contribution in [0.2, 0.25) is 0 Å². The van der Waals surface area contributed by atoms with Gasteiger partial charge in [-0.15, -0.1) is 0 Å². The number of carboxylic acids is 1. The number of rotatable bonds is 5. The van der Waals surface area contributed by atoms with E-state index in [9.17, 15) is 13.2 Å². The molecule has 0 radical (unpaired) electrons. The van der Waals surface area contributed by atoms with E-state index in [-0.39, 0.29) is 22.3 Å². The highest BCUT2D eigenvalue weighted by atomic mass is 32.2. The maximum atomic E-state index is 12.3. The molecule has 0 amide bonds. The summed E-state index contributed by atoms with van der Waals surface area (Å²) in [7, 11) is -3.61. The zero-order valence-corrected chi connectivity index (χ0v) is 11.8. The number of sulfone groups is 1. The molecule has 1 heterocycles. The monoisotopic (exact) mass is 283 g/mol. The van der Waals surface area contributed by atoms with Crippen molar-refractivity contribution in [2.75, 3.05) is 5.75 Å². The van der Waals surface area contributed by atoms with Crippen LogP contribution in [0.25, 0.3) is 0 Å². The molecule has 0 atom stereocenters. The molecule has 0 spiro atoms. The minimum atomic E-state index is -3.61. The van der Waals surface area contributed by atoms with Crippen molar-refractivity contribution < 1.29 is 18.3 Å². The maximum absolute atomic E-state index is 12.3. The van der Waals surface area contributed by atoms with E-state index in [1.807, 2.05) is 0 Å². The van der Waals surface area contributed by atoms with Crippen LogP contribution >= 0.6 is 0 Å². The van der Waals surface area contributed by atoms with Gasteiger partial charge in [0, 0.05) is 6.20 Å². The zero-order valence-electron chi connectivity index (χ0n) is 11.0. The van der Waals surface area contributed by atoms with Crippen LogP contribution in [-0.2, 0) is 9.84 Å². The van der Waals surface area contributed by atoms with Crippen molar-refractivity contribution in [2.45, 2.75) is 37.5 Å². The molecule has 0 aromatic carbocycles. The van der Waals surface area contributed by atoms with E-state index in [2.05, 4.69) is 4.98 Å². The maximum Gasteiger partial charge on any atom is 0.355 e. The molecule has 2 rings (SSSR count). The second-order valence-electron chi connectivity index (χ2n) is 5.37. The first-order valence-electron chi connectivity index (χ1n) is 6.27. The fourth-order valence-electron chi connectivity index (χ4n) is 2.03. The van der Waals surface area contributed by atoms with Gasteiger partial charge >= 0.3 is 5.97 Å². The standard InChI is InChI=1S/C13H17NO4S/c1-8(2)7-19(17,18)11-5-10(9-3-4-9)6-14-12(11)13(15)16/h5-6,8-9H,3-4,7H2,1-2H3,(H,15,16). The van der Waals surface area contributed by atoms with E-state index in [4.69, 9.17) is 5.11 Å². The lowest BCUT2D eigenvalue weighted by Gasteiger charge is -2.10. The van der Waals surface area contributed by atoms with Crippen molar-refractivity contribution in [3.8, 4) is 0 Å². The Hall–Kier alpha value is -1.43. The largest absolute Gasteiger partial charge is 0.476 e. The first-order valence-corrected chi connectivity index (χ1v) is 7.92. The van der Waals surface area contributed by atoms with E-state index in [1.54, 1.807) is 13.8 Å². The molecule has 1 aliphatic rings. The number of carboxylic acid groups (broad SMARTS) is 1. The molecule has 1 aromatic rings. The van der Waals surface area contributed by atoms with Crippen LogP contribution in [0.5, 0.6) is 0 Å². The number of aromatic nitrogens is 1. The average Bonchev–Trinajstić information content (AvgIpc) is 3.10. The highest BCUT2D eigenvalue weighted by Gasteiger charge is 2.29. The summed E-state index contributed by atoms with van der Waals surface area (Å²) in [5.74, 6) is -1.09. The van der Waals surface area contributed by atoms with Crippen molar-refractivity contribution in [3.05, 3.63) is 23.5 Å². The van der Waals surface area contributed by atoms with Crippen molar-refractivity contribution >= 4 is 15.8 Å². The molecule has 0 saturated heterocycles. The lowest BCUT2D eigenvalue weighted by Crippen LogP contribution is -2.17. The Labute approximate surface area is 112 Å². The molecule has 104 valence electrons. The topological polar surface area (TPSA) is 84.3 Å². The summed E-state index contributed by atoms with van der Waals surface area (Å²) in [5, 5.41) is 9.08.